The van der Waals surface area contributed by atoms with Gasteiger partial charge in [0.25, 0.3) is 0 Å². The lowest BCUT2D eigenvalue weighted by atomic mass is 10.1. The van der Waals surface area contributed by atoms with Crippen molar-refractivity contribution in [3.63, 3.8) is 0 Å². The molecule has 4 aromatic rings. The van der Waals surface area contributed by atoms with Gasteiger partial charge in [0, 0.05) is 31.1 Å². The first-order valence-electron chi connectivity index (χ1n) is 10.9. The highest BCUT2D eigenvalue weighted by molar-refractivity contribution is 5.97. The maximum atomic E-state index is 13.0. The molecule has 4 heteroatoms. The first-order valence-corrected chi connectivity index (χ1v) is 10.9. The predicted molar refractivity (Wildman–Crippen MR) is 126 cm³/mol. The smallest absolute Gasteiger partial charge is 0.227 e. The fourth-order valence-electron chi connectivity index (χ4n) is 4.67. The summed E-state index contributed by atoms with van der Waals surface area (Å²) >= 11 is 0. The highest BCUT2D eigenvalue weighted by Gasteiger charge is 2.35. The third kappa shape index (κ3) is 3.63. The number of aromatic nitrogens is 2. The van der Waals surface area contributed by atoms with Crippen molar-refractivity contribution in [2.75, 3.05) is 11.4 Å². The van der Waals surface area contributed by atoms with Crippen molar-refractivity contribution in [3.05, 3.63) is 94.8 Å². The molecule has 1 aromatic heterocycles. The number of benzene rings is 3. The number of rotatable bonds is 4. The van der Waals surface area contributed by atoms with Gasteiger partial charge in [-0.25, -0.2) is 4.98 Å². The summed E-state index contributed by atoms with van der Waals surface area (Å²) in [5, 5.41) is 0. The van der Waals surface area contributed by atoms with Gasteiger partial charge in [0.15, 0.2) is 0 Å². The number of aryl methyl sites for hydroxylation is 3. The minimum atomic E-state index is 0.0750. The Labute approximate surface area is 183 Å². The molecule has 156 valence electrons. The molecule has 4 nitrogen and oxygen atoms in total. The molecule has 0 N–H and O–H groups in total. The number of amides is 1. The standard InChI is InChI=1S/C27H27N3O/c1-18-8-11-21(12-9-18)16-30-25-7-5-4-6-23(25)28-27(30)22-15-26(31)29(17-22)24-13-10-19(2)14-20(24)3/h4-14,22H,15-17H2,1-3H3. The molecule has 1 amide bonds. The van der Waals surface area contributed by atoms with Gasteiger partial charge in [-0.05, 0) is 50.1 Å². The lowest BCUT2D eigenvalue weighted by molar-refractivity contribution is -0.117. The largest absolute Gasteiger partial charge is 0.323 e. The Morgan fingerprint density at radius 2 is 1.68 bits per heavy atom. The Balaban J connectivity index is 1.52. The Morgan fingerprint density at radius 1 is 0.935 bits per heavy atom. The van der Waals surface area contributed by atoms with Crippen molar-refractivity contribution in [1.82, 2.24) is 9.55 Å². The minimum Gasteiger partial charge on any atom is -0.323 e. The molecule has 1 unspecified atom stereocenters. The second-order valence-electron chi connectivity index (χ2n) is 8.73. The van der Waals surface area contributed by atoms with Crippen molar-refractivity contribution in [2.24, 2.45) is 0 Å². The molecule has 0 saturated carbocycles. The molecular weight excluding hydrogens is 382 g/mol. The van der Waals surface area contributed by atoms with E-state index in [1.165, 1.54) is 16.7 Å². The lowest BCUT2D eigenvalue weighted by Gasteiger charge is -2.20. The van der Waals surface area contributed by atoms with Crippen LogP contribution in [0.5, 0.6) is 0 Å². The van der Waals surface area contributed by atoms with Crippen molar-refractivity contribution in [2.45, 2.75) is 39.7 Å². The van der Waals surface area contributed by atoms with E-state index in [1.54, 1.807) is 0 Å². The van der Waals surface area contributed by atoms with Crippen LogP contribution in [-0.4, -0.2) is 22.0 Å². The Morgan fingerprint density at radius 3 is 2.45 bits per heavy atom. The number of nitrogens with zero attached hydrogens (tertiary/aromatic N) is 3. The fourth-order valence-corrected chi connectivity index (χ4v) is 4.67. The summed E-state index contributed by atoms with van der Waals surface area (Å²) in [6, 6.07) is 23.2. The number of imidazole rings is 1. The van der Waals surface area contributed by atoms with E-state index in [4.69, 9.17) is 4.98 Å². The zero-order valence-electron chi connectivity index (χ0n) is 18.3. The number of fused-ring (bicyclic) bond motifs is 1. The molecular formula is C27H27N3O. The van der Waals surface area contributed by atoms with Gasteiger partial charge in [0.2, 0.25) is 5.91 Å². The van der Waals surface area contributed by atoms with E-state index in [0.29, 0.717) is 13.0 Å². The average molecular weight is 410 g/mol. The molecule has 0 spiro atoms. The quantitative estimate of drug-likeness (QED) is 0.444. The first-order chi connectivity index (χ1) is 15.0. The maximum absolute atomic E-state index is 13.0. The molecule has 31 heavy (non-hydrogen) atoms. The topological polar surface area (TPSA) is 38.1 Å². The molecule has 0 bridgehead atoms. The molecule has 0 radical (unpaired) electrons. The zero-order chi connectivity index (χ0) is 21.5. The van der Waals surface area contributed by atoms with E-state index in [-0.39, 0.29) is 11.8 Å². The lowest BCUT2D eigenvalue weighted by Crippen LogP contribution is -2.25. The van der Waals surface area contributed by atoms with Gasteiger partial charge < -0.3 is 9.47 Å². The second-order valence-corrected chi connectivity index (χ2v) is 8.73. The van der Waals surface area contributed by atoms with E-state index >= 15 is 0 Å². The van der Waals surface area contributed by atoms with Crippen LogP contribution in [0.15, 0.2) is 66.7 Å². The molecule has 3 aromatic carbocycles. The van der Waals surface area contributed by atoms with E-state index in [0.717, 1.165) is 34.7 Å². The highest BCUT2D eigenvalue weighted by atomic mass is 16.2. The van der Waals surface area contributed by atoms with Crippen LogP contribution in [0.2, 0.25) is 0 Å². The normalized spacial score (nSPS) is 16.4. The summed E-state index contributed by atoms with van der Waals surface area (Å²) in [4.78, 5) is 19.9. The summed E-state index contributed by atoms with van der Waals surface area (Å²) in [6.45, 7) is 7.69. The Hall–Kier alpha value is -3.40. The van der Waals surface area contributed by atoms with Crippen molar-refractivity contribution >= 4 is 22.6 Å². The average Bonchev–Trinajstić information content (AvgIpc) is 3.30. The highest BCUT2D eigenvalue weighted by Crippen LogP contribution is 2.35. The Bertz CT molecular complexity index is 1270. The van der Waals surface area contributed by atoms with Crippen LogP contribution in [0.4, 0.5) is 5.69 Å². The van der Waals surface area contributed by atoms with Crippen LogP contribution in [-0.2, 0) is 11.3 Å². The van der Waals surface area contributed by atoms with Crippen LogP contribution < -0.4 is 4.90 Å². The van der Waals surface area contributed by atoms with Gasteiger partial charge >= 0.3 is 0 Å². The minimum absolute atomic E-state index is 0.0750. The number of para-hydroxylation sites is 2. The number of hydrogen-bond donors (Lipinski definition) is 0. The SMILES string of the molecule is Cc1ccc(Cn2c(C3CC(=O)N(c4ccc(C)cc4C)C3)nc3ccccc32)cc1. The molecule has 1 saturated heterocycles. The van der Waals surface area contributed by atoms with Gasteiger partial charge in [-0.2, -0.15) is 0 Å². The molecule has 1 aliphatic heterocycles. The van der Waals surface area contributed by atoms with E-state index in [9.17, 15) is 4.79 Å². The van der Waals surface area contributed by atoms with Gasteiger partial charge in [-0.1, -0.05) is 59.7 Å². The van der Waals surface area contributed by atoms with Crippen LogP contribution in [0.25, 0.3) is 11.0 Å². The molecule has 1 aliphatic rings. The Kier molecular flexibility index (Phi) is 4.85. The molecule has 0 aliphatic carbocycles. The number of hydrogen-bond acceptors (Lipinski definition) is 2. The summed E-state index contributed by atoms with van der Waals surface area (Å²) in [5.41, 5.74) is 7.97. The van der Waals surface area contributed by atoms with Gasteiger partial charge in [-0.3, -0.25) is 4.79 Å². The van der Waals surface area contributed by atoms with Crippen molar-refractivity contribution in [1.29, 1.82) is 0 Å². The third-order valence-corrected chi connectivity index (χ3v) is 6.28. The van der Waals surface area contributed by atoms with Crippen LogP contribution in [0.1, 0.15) is 40.4 Å². The number of carbonyl (C=O) groups excluding carboxylic acids is 1. The monoisotopic (exact) mass is 409 g/mol. The van der Waals surface area contributed by atoms with Crippen LogP contribution in [0, 0.1) is 20.8 Å². The molecule has 1 fully saturated rings. The van der Waals surface area contributed by atoms with E-state index < -0.39 is 0 Å². The predicted octanol–water partition coefficient (Wildman–Crippen LogP) is 5.53. The fraction of sp³-hybridized carbons (Fsp3) is 0.259. The summed E-state index contributed by atoms with van der Waals surface area (Å²) < 4.78 is 2.30. The van der Waals surface area contributed by atoms with E-state index in [2.05, 4.69) is 86.0 Å². The van der Waals surface area contributed by atoms with Crippen molar-refractivity contribution < 1.29 is 4.79 Å². The molecule has 1 atom stereocenters. The third-order valence-electron chi connectivity index (χ3n) is 6.28. The molecule has 5 rings (SSSR count). The maximum Gasteiger partial charge on any atom is 0.227 e. The van der Waals surface area contributed by atoms with Crippen LogP contribution >= 0.6 is 0 Å². The van der Waals surface area contributed by atoms with Crippen LogP contribution in [0.3, 0.4) is 0 Å². The molecule has 2 heterocycles. The van der Waals surface area contributed by atoms with Gasteiger partial charge in [0.05, 0.1) is 11.0 Å². The number of carbonyl (C=O) groups is 1. The number of anilines is 1. The summed E-state index contributed by atoms with van der Waals surface area (Å²) in [6.07, 6.45) is 0.491. The summed E-state index contributed by atoms with van der Waals surface area (Å²) in [5.74, 6) is 1.25. The van der Waals surface area contributed by atoms with E-state index in [1.807, 2.05) is 11.0 Å². The zero-order valence-corrected chi connectivity index (χ0v) is 18.3. The van der Waals surface area contributed by atoms with Gasteiger partial charge in [0.1, 0.15) is 5.82 Å². The van der Waals surface area contributed by atoms with Gasteiger partial charge in [-0.15, -0.1) is 0 Å². The summed E-state index contributed by atoms with van der Waals surface area (Å²) in [7, 11) is 0. The first kappa shape index (κ1) is 19.6. The van der Waals surface area contributed by atoms with Crippen molar-refractivity contribution in [3.8, 4) is 0 Å². The second kappa shape index (κ2) is 7.69.